The molecule has 25 heavy (non-hydrogen) atoms. The minimum absolute atomic E-state index is 0.127. The molecular weight excluding hydrogens is 337 g/mol. The molecule has 3 aromatic heterocycles. The van der Waals surface area contributed by atoms with Gasteiger partial charge in [0, 0.05) is 38.3 Å². The van der Waals surface area contributed by atoms with E-state index in [0.717, 1.165) is 6.20 Å². The molecule has 3 heterocycles. The minimum Gasteiger partial charge on any atom is -0.338 e. The average molecular weight is 352 g/mol. The van der Waals surface area contributed by atoms with E-state index in [9.17, 15) is 18.0 Å². The van der Waals surface area contributed by atoms with Crippen molar-refractivity contribution in [3.63, 3.8) is 0 Å². The maximum atomic E-state index is 12.7. The van der Waals surface area contributed by atoms with Gasteiger partial charge in [0.25, 0.3) is 0 Å². The van der Waals surface area contributed by atoms with E-state index in [1.165, 1.54) is 22.7 Å². The zero-order chi connectivity index (χ0) is 18.2. The van der Waals surface area contributed by atoms with Crippen LogP contribution in [0.15, 0.2) is 36.9 Å². The first-order valence-corrected chi connectivity index (χ1v) is 7.32. The van der Waals surface area contributed by atoms with Crippen molar-refractivity contribution in [1.82, 2.24) is 18.9 Å². The summed E-state index contributed by atoms with van der Waals surface area (Å²) in [6.07, 6.45) is 1.26. The number of nitrogens with one attached hydrogen (secondary N) is 1. The molecule has 0 aliphatic heterocycles. The van der Waals surface area contributed by atoms with Crippen LogP contribution in [0.3, 0.4) is 0 Å². The average Bonchev–Trinajstić information content (AvgIpc) is 3.13. The van der Waals surface area contributed by atoms with Gasteiger partial charge in [0.15, 0.2) is 5.69 Å². The minimum atomic E-state index is -4.53. The SMILES string of the molecule is Cn1ccnc1CC(N)C(=O)Nc1ccc2nc(C(F)(F)F)cn2c1. The Kier molecular flexibility index (Phi) is 4.21. The fraction of sp³-hybridized carbons (Fsp3) is 0.267. The number of nitrogens with zero attached hydrogens (tertiary/aromatic N) is 4. The number of alkyl halides is 3. The standard InChI is InChI=1S/C15H15F3N6O/c1-23-5-4-20-13(23)6-10(19)14(25)21-9-2-3-12-22-11(15(16,17)18)8-24(12)7-9/h2-5,7-8,10H,6,19H2,1H3,(H,21,25). The van der Waals surface area contributed by atoms with Crippen LogP contribution in [0, 0.1) is 0 Å². The summed E-state index contributed by atoms with van der Waals surface area (Å²) < 4.78 is 41.0. The summed E-state index contributed by atoms with van der Waals surface area (Å²) >= 11 is 0. The summed E-state index contributed by atoms with van der Waals surface area (Å²) in [6, 6.07) is 2.01. The van der Waals surface area contributed by atoms with Crippen LogP contribution in [0.25, 0.3) is 5.65 Å². The summed E-state index contributed by atoms with van der Waals surface area (Å²) in [6.45, 7) is 0. The molecule has 0 aromatic carbocycles. The molecule has 1 atom stereocenters. The van der Waals surface area contributed by atoms with Crippen LogP contribution in [0.2, 0.25) is 0 Å². The van der Waals surface area contributed by atoms with Crippen molar-refractivity contribution in [3.8, 4) is 0 Å². The number of carbonyl (C=O) groups is 1. The predicted molar refractivity (Wildman–Crippen MR) is 83.7 cm³/mol. The third-order valence-corrected chi connectivity index (χ3v) is 3.67. The topological polar surface area (TPSA) is 90.2 Å². The van der Waals surface area contributed by atoms with E-state index in [2.05, 4.69) is 15.3 Å². The lowest BCUT2D eigenvalue weighted by Crippen LogP contribution is -2.38. The number of nitrogens with two attached hydrogens (primary N) is 1. The molecule has 0 fully saturated rings. The maximum Gasteiger partial charge on any atom is 0.434 e. The number of fused-ring (bicyclic) bond motifs is 1. The van der Waals surface area contributed by atoms with Crippen molar-refractivity contribution in [2.45, 2.75) is 18.6 Å². The molecule has 0 saturated carbocycles. The Morgan fingerprint density at radius 2 is 2.12 bits per heavy atom. The number of carbonyl (C=O) groups excluding carboxylic acids is 1. The fourth-order valence-corrected chi connectivity index (χ4v) is 2.32. The Balaban J connectivity index is 1.73. The van der Waals surface area contributed by atoms with Gasteiger partial charge < -0.3 is 20.0 Å². The Bertz CT molecular complexity index is 914. The second-order valence-corrected chi connectivity index (χ2v) is 5.56. The van der Waals surface area contributed by atoms with E-state index < -0.39 is 23.8 Å². The molecule has 0 bridgehead atoms. The molecule has 10 heteroatoms. The number of imidazole rings is 2. The van der Waals surface area contributed by atoms with Crippen LogP contribution in [0.1, 0.15) is 11.5 Å². The molecule has 3 rings (SSSR count). The monoisotopic (exact) mass is 352 g/mol. The van der Waals surface area contributed by atoms with Crippen molar-refractivity contribution >= 4 is 17.2 Å². The van der Waals surface area contributed by atoms with Gasteiger partial charge in [-0.05, 0) is 12.1 Å². The molecule has 1 unspecified atom stereocenters. The molecule has 0 spiro atoms. The van der Waals surface area contributed by atoms with E-state index in [-0.39, 0.29) is 12.1 Å². The highest BCUT2D eigenvalue weighted by atomic mass is 19.4. The molecule has 0 saturated heterocycles. The maximum absolute atomic E-state index is 12.7. The number of hydrogen-bond acceptors (Lipinski definition) is 4. The van der Waals surface area contributed by atoms with Crippen molar-refractivity contribution in [2.75, 3.05) is 5.32 Å². The van der Waals surface area contributed by atoms with Crippen LogP contribution in [-0.2, 0) is 24.4 Å². The molecular formula is C15H15F3N6O. The van der Waals surface area contributed by atoms with Crippen LogP contribution in [0.5, 0.6) is 0 Å². The van der Waals surface area contributed by atoms with E-state index in [0.29, 0.717) is 11.5 Å². The quantitative estimate of drug-likeness (QED) is 0.746. The van der Waals surface area contributed by atoms with Crippen LogP contribution < -0.4 is 11.1 Å². The summed E-state index contributed by atoms with van der Waals surface area (Å²) in [7, 11) is 1.79. The number of halogens is 3. The van der Waals surface area contributed by atoms with Gasteiger partial charge in [-0.1, -0.05) is 0 Å². The molecule has 0 aliphatic carbocycles. The Morgan fingerprint density at radius 3 is 2.76 bits per heavy atom. The van der Waals surface area contributed by atoms with Crippen molar-refractivity contribution in [2.24, 2.45) is 12.8 Å². The summed E-state index contributed by atoms with van der Waals surface area (Å²) in [5, 5.41) is 2.58. The lowest BCUT2D eigenvalue weighted by molar-refractivity contribution is -0.140. The fourth-order valence-electron chi connectivity index (χ4n) is 2.32. The van der Waals surface area contributed by atoms with Crippen LogP contribution in [0.4, 0.5) is 18.9 Å². The van der Waals surface area contributed by atoms with E-state index in [4.69, 9.17) is 5.73 Å². The highest BCUT2D eigenvalue weighted by Gasteiger charge is 2.33. The van der Waals surface area contributed by atoms with Gasteiger partial charge in [0.2, 0.25) is 5.91 Å². The number of aryl methyl sites for hydroxylation is 1. The van der Waals surface area contributed by atoms with Crippen molar-refractivity contribution < 1.29 is 18.0 Å². The lowest BCUT2D eigenvalue weighted by Gasteiger charge is -2.12. The normalized spacial score (nSPS) is 13.2. The summed E-state index contributed by atoms with van der Waals surface area (Å²) in [4.78, 5) is 19.8. The van der Waals surface area contributed by atoms with Gasteiger partial charge in [-0.3, -0.25) is 4.79 Å². The molecule has 7 nitrogen and oxygen atoms in total. The number of amides is 1. The van der Waals surface area contributed by atoms with Gasteiger partial charge in [0.05, 0.1) is 11.7 Å². The largest absolute Gasteiger partial charge is 0.434 e. The number of hydrogen-bond donors (Lipinski definition) is 2. The Morgan fingerprint density at radius 1 is 1.36 bits per heavy atom. The second kappa shape index (κ2) is 6.20. The van der Waals surface area contributed by atoms with Crippen LogP contribution >= 0.6 is 0 Å². The highest BCUT2D eigenvalue weighted by molar-refractivity contribution is 5.94. The van der Waals surface area contributed by atoms with E-state index in [1.807, 2.05) is 0 Å². The predicted octanol–water partition coefficient (Wildman–Crippen LogP) is 1.60. The summed E-state index contributed by atoms with van der Waals surface area (Å²) in [5.74, 6) is 0.195. The molecule has 0 aliphatic rings. The number of aromatic nitrogens is 4. The zero-order valence-electron chi connectivity index (χ0n) is 13.2. The molecule has 132 valence electrons. The third-order valence-electron chi connectivity index (χ3n) is 3.67. The van der Waals surface area contributed by atoms with E-state index >= 15 is 0 Å². The van der Waals surface area contributed by atoms with Gasteiger partial charge in [-0.15, -0.1) is 0 Å². The van der Waals surface area contributed by atoms with E-state index in [1.54, 1.807) is 24.0 Å². The van der Waals surface area contributed by atoms with Crippen molar-refractivity contribution in [3.05, 3.63) is 48.4 Å². The first kappa shape index (κ1) is 17.0. The molecule has 3 N–H and O–H groups in total. The highest BCUT2D eigenvalue weighted by Crippen LogP contribution is 2.28. The van der Waals surface area contributed by atoms with Gasteiger partial charge >= 0.3 is 6.18 Å². The Labute approximate surface area is 140 Å². The zero-order valence-corrected chi connectivity index (χ0v) is 13.2. The second-order valence-electron chi connectivity index (χ2n) is 5.56. The molecule has 1 amide bonds. The number of rotatable bonds is 4. The lowest BCUT2D eigenvalue weighted by atomic mass is 10.2. The first-order chi connectivity index (χ1) is 11.7. The van der Waals surface area contributed by atoms with Gasteiger partial charge in [0.1, 0.15) is 11.5 Å². The summed E-state index contributed by atoms with van der Waals surface area (Å²) in [5.41, 5.74) is 5.31. The van der Waals surface area contributed by atoms with Crippen LogP contribution in [-0.4, -0.2) is 30.9 Å². The van der Waals surface area contributed by atoms with Gasteiger partial charge in [-0.25, -0.2) is 9.97 Å². The third kappa shape index (κ3) is 3.63. The molecule has 3 aromatic rings. The Hall–Kier alpha value is -2.88. The van der Waals surface area contributed by atoms with Gasteiger partial charge in [-0.2, -0.15) is 13.2 Å². The van der Waals surface area contributed by atoms with Crippen molar-refractivity contribution in [1.29, 1.82) is 0 Å². The number of pyridine rings is 1. The smallest absolute Gasteiger partial charge is 0.338 e. The number of anilines is 1. The molecule has 0 radical (unpaired) electrons. The first-order valence-electron chi connectivity index (χ1n) is 7.32.